The molecule has 0 saturated heterocycles. The first-order valence-corrected chi connectivity index (χ1v) is 8.04. The topological polar surface area (TPSA) is 71.7 Å². The number of hydrogen-bond donors (Lipinski definition) is 1. The van der Waals surface area contributed by atoms with Crippen LogP contribution >= 0.6 is 15.9 Å². The molecule has 0 radical (unpaired) electrons. The van der Waals surface area contributed by atoms with Gasteiger partial charge in [-0.1, -0.05) is 34.1 Å². The van der Waals surface area contributed by atoms with Crippen molar-refractivity contribution < 1.29 is 4.74 Å². The van der Waals surface area contributed by atoms with Gasteiger partial charge in [0, 0.05) is 11.6 Å². The van der Waals surface area contributed by atoms with Crippen molar-refractivity contribution in [1.82, 2.24) is 9.78 Å². The summed E-state index contributed by atoms with van der Waals surface area (Å²) in [4.78, 5) is 12.7. The molecule has 0 saturated carbocycles. The molecule has 0 bridgehead atoms. The summed E-state index contributed by atoms with van der Waals surface area (Å²) >= 11 is 3.37. The Morgan fingerprint density at radius 1 is 1.08 bits per heavy atom. The summed E-state index contributed by atoms with van der Waals surface area (Å²) in [7, 11) is 1.56. The van der Waals surface area contributed by atoms with Gasteiger partial charge in [0.15, 0.2) is 5.69 Å². The van der Waals surface area contributed by atoms with Crippen LogP contribution in [0.15, 0.2) is 74.1 Å². The van der Waals surface area contributed by atoms with Crippen molar-refractivity contribution in [3.8, 4) is 5.69 Å². The fourth-order valence-corrected chi connectivity index (χ4v) is 2.46. The fourth-order valence-electron chi connectivity index (χ4n) is 2.20. The van der Waals surface area contributed by atoms with Crippen LogP contribution in [0.25, 0.3) is 5.69 Å². The number of nitrogens with zero attached hydrogens (tertiary/aromatic N) is 3. The van der Waals surface area contributed by atoms with Crippen molar-refractivity contribution in [1.29, 1.82) is 0 Å². The van der Waals surface area contributed by atoms with Gasteiger partial charge in [-0.15, -0.1) is 5.11 Å². The van der Waals surface area contributed by atoms with Crippen molar-refractivity contribution in [2.45, 2.75) is 6.61 Å². The molecule has 3 aromatic rings. The maximum absolute atomic E-state index is 12.7. The van der Waals surface area contributed by atoms with E-state index in [4.69, 9.17) is 4.74 Å². The lowest BCUT2D eigenvalue weighted by Gasteiger charge is -2.00. The maximum Gasteiger partial charge on any atom is 0.299 e. The number of ether oxygens (including phenoxy) is 1. The third kappa shape index (κ3) is 3.52. The van der Waals surface area contributed by atoms with E-state index in [1.807, 2.05) is 54.6 Å². The van der Waals surface area contributed by atoms with Crippen molar-refractivity contribution in [3.63, 3.8) is 0 Å². The second-order valence-corrected chi connectivity index (χ2v) is 5.94. The van der Waals surface area contributed by atoms with Gasteiger partial charge in [0.1, 0.15) is 0 Å². The van der Waals surface area contributed by atoms with Crippen LogP contribution in [0.2, 0.25) is 0 Å². The monoisotopic (exact) mass is 386 g/mol. The lowest BCUT2D eigenvalue weighted by atomic mass is 10.3. The minimum absolute atomic E-state index is 0.239. The number of halogens is 1. The highest BCUT2D eigenvalue weighted by molar-refractivity contribution is 9.10. The van der Waals surface area contributed by atoms with Gasteiger partial charge in [0.05, 0.1) is 23.7 Å². The Labute approximate surface area is 146 Å². The van der Waals surface area contributed by atoms with Crippen LogP contribution in [0.5, 0.6) is 0 Å². The van der Waals surface area contributed by atoms with Crippen LogP contribution in [0.4, 0.5) is 11.4 Å². The second-order valence-electron chi connectivity index (χ2n) is 5.02. The van der Waals surface area contributed by atoms with E-state index in [0.29, 0.717) is 11.4 Å². The first kappa shape index (κ1) is 16.4. The standard InChI is InChI=1S/C17H15BrN4O2/c1-24-11-15-16(20-19-13-9-7-12(18)8-10-13)17(23)22(21-15)14-5-3-2-4-6-14/h2-10,21H,11H2,1H3. The van der Waals surface area contributed by atoms with Gasteiger partial charge in [0.25, 0.3) is 5.56 Å². The summed E-state index contributed by atoms with van der Waals surface area (Å²) in [5.41, 5.74) is 1.93. The number of aromatic nitrogens is 2. The number of azo groups is 1. The molecule has 2 aromatic carbocycles. The number of H-pyrrole nitrogens is 1. The van der Waals surface area contributed by atoms with Gasteiger partial charge < -0.3 is 4.74 Å². The minimum atomic E-state index is -0.269. The molecule has 0 fully saturated rings. The molecule has 0 amide bonds. The third-order valence-corrected chi connectivity index (χ3v) is 3.86. The highest BCUT2D eigenvalue weighted by Crippen LogP contribution is 2.21. The Balaban J connectivity index is 2.01. The highest BCUT2D eigenvalue weighted by atomic mass is 79.9. The highest BCUT2D eigenvalue weighted by Gasteiger charge is 2.15. The molecule has 0 spiro atoms. The first-order chi connectivity index (χ1) is 11.7. The van der Waals surface area contributed by atoms with Crippen LogP contribution in [-0.2, 0) is 11.3 Å². The summed E-state index contributed by atoms with van der Waals surface area (Å²) in [6.07, 6.45) is 0. The van der Waals surface area contributed by atoms with E-state index < -0.39 is 0 Å². The largest absolute Gasteiger partial charge is 0.378 e. The molecule has 0 unspecified atom stereocenters. The molecular formula is C17H15BrN4O2. The first-order valence-electron chi connectivity index (χ1n) is 7.24. The molecule has 0 aliphatic rings. The maximum atomic E-state index is 12.7. The molecule has 1 N–H and O–H groups in total. The van der Waals surface area contributed by atoms with Gasteiger partial charge in [-0.3, -0.25) is 9.89 Å². The van der Waals surface area contributed by atoms with Crippen molar-refractivity contribution >= 4 is 27.3 Å². The zero-order valence-corrected chi connectivity index (χ0v) is 14.5. The van der Waals surface area contributed by atoms with E-state index in [1.165, 1.54) is 4.68 Å². The average Bonchev–Trinajstić information content (AvgIpc) is 2.91. The van der Waals surface area contributed by atoms with Gasteiger partial charge in [-0.25, -0.2) is 4.68 Å². The van der Waals surface area contributed by atoms with E-state index in [9.17, 15) is 4.79 Å². The van der Waals surface area contributed by atoms with Crippen molar-refractivity contribution in [2.24, 2.45) is 10.2 Å². The predicted molar refractivity (Wildman–Crippen MR) is 95.4 cm³/mol. The quantitative estimate of drug-likeness (QED) is 0.656. The van der Waals surface area contributed by atoms with E-state index in [2.05, 4.69) is 31.3 Å². The van der Waals surface area contributed by atoms with E-state index in [0.717, 1.165) is 10.2 Å². The van der Waals surface area contributed by atoms with Crippen LogP contribution in [-0.4, -0.2) is 16.9 Å². The Bertz CT molecular complexity index is 899. The van der Waals surface area contributed by atoms with Crippen LogP contribution in [0, 0.1) is 0 Å². The smallest absolute Gasteiger partial charge is 0.299 e. The van der Waals surface area contributed by atoms with Gasteiger partial charge in [0.2, 0.25) is 0 Å². The zero-order valence-electron chi connectivity index (χ0n) is 12.9. The van der Waals surface area contributed by atoms with Crippen molar-refractivity contribution in [2.75, 3.05) is 7.11 Å². The van der Waals surface area contributed by atoms with Crippen LogP contribution in [0.3, 0.4) is 0 Å². The molecule has 7 heteroatoms. The van der Waals surface area contributed by atoms with E-state index in [1.54, 1.807) is 7.11 Å². The lowest BCUT2D eigenvalue weighted by Crippen LogP contribution is -2.13. The molecule has 1 aromatic heterocycles. The number of para-hydroxylation sites is 1. The number of methoxy groups -OCH3 is 1. The molecule has 122 valence electrons. The normalized spacial score (nSPS) is 11.2. The number of rotatable bonds is 5. The Hall–Kier alpha value is -2.51. The predicted octanol–water partition coefficient (Wildman–Crippen LogP) is 4.49. The molecule has 6 nitrogen and oxygen atoms in total. The van der Waals surface area contributed by atoms with E-state index in [-0.39, 0.29) is 17.9 Å². The summed E-state index contributed by atoms with van der Waals surface area (Å²) in [5.74, 6) is 0. The molecule has 0 atom stereocenters. The molecule has 0 aliphatic carbocycles. The zero-order chi connectivity index (χ0) is 16.9. The molecule has 3 rings (SSSR count). The molecule has 24 heavy (non-hydrogen) atoms. The minimum Gasteiger partial charge on any atom is -0.378 e. The third-order valence-electron chi connectivity index (χ3n) is 3.33. The SMILES string of the molecule is COCc1[nH]n(-c2ccccc2)c(=O)c1N=Nc1ccc(Br)cc1. The van der Waals surface area contributed by atoms with Gasteiger partial charge >= 0.3 is 0 Å². The number of hydrogen-bond acceptors (Lipinski definition) is 4. The summed E-state index contributed by atoms with van der Waals surface area (Å²) in [6.45, 7) is 0.240. The molecule has 1 heterocycles. The average molecular weight is 387 g/mol. The lowest BCUT2D eigenvalue weighted by molar-refractivity contribution is 0.181. The van der Waals surface area contributed by atoms with E-state index >= 15 is 0 Å². The number of nitrogens with one attached hydrogen (secondary N) is 1. The summed E-state index contributed by atoms with van der Waals surface area (Å²) < 4.78 is 7.54. The number of benzene rings is 2. The van der Waals surface area contributed by atoms with Gasteiger partial charge in [-0.2, -0.15) is 5.11 Å². The Morgan fingerprint density at radius 2 is 1.79 bits per heavy atom. The Morgan fingerprint density at radius 3 is 2.46 bits per heavy atom. The van der Waals surface area contributed by atoms with Crippen molar-refractivity contribution in [3.05, 3.63) is 75.1 Å². The summed E-state index contributed by atoms with van der Waals surface area (Å²) in [6, 6.07) is 16.6. The second kappa shape index (κ2) is 7.37. The Kier molecular flexibility index (Phi) is 5.02. The van der Waals surface area contributed by atoms with Crippen LogP contribution < -0.4 is 5.56 Å². The fraction of sp³-hybridized carbons (Fsp3) is 0.118. The molecular weight excluding hydrogens is 372 g/mol. The summed E-state index contributed by atoms with van der Waals surface area (Å²) in [5, 5.41) is 11.3. The molecule has 0 aliphatic heterocycles. The van der Waals surface area contributed by atoms with Gasteiger partial charge in [-0.05, 0) is 36.4 Å². The van der Waals surface area contributed by atoms with Crippen LogP contribution in [0.1, 0.15) is 5.69 Å². The number of aromatic amines is 1.